The molecule has 238 valence electrons. The minimum atomic E-state index is -0.0998. The zero-order valence-corrected chi connectivity index (χ0v) is 29.0. The standard InChI is InChI=1S/C47H45N/c1-31-16-11-12-20-41(31)43-30-37(23-22-32(43)2)39-26-34(4)45-40(29-39)28-38-19-15-21-42(46(38)45)33(3)27-44(36-17-9-7-10-18-36)48-35(5)47(6)24-13-8-14-25-47/h7-24,27,29-30,34H,3,25-26,28H2,1-2,4-6H3/b44-27-,48-35+. The maximum absolute atomic E-state index is 5.29. The average molecular weight is 624 g/mol. The molecule has 0 N–H and O–H groups in total. The second-order valence-electron chi connectivity index (χ2n) is 14.1. The van der Waals surface area contributed by atoms with Crippen LogP contribution in [0.3, 0.4) is 0 Å². The van der Waals surface area contributed by atoms with Crippen LogP contribution in [0.1, 0.15) is 72.6 Å². The Hall–Kier alpha value is -5.01. The van der Waals surface area contributed by atoms with Gasteiger partial charge in [0.15, 0.2) is 0 Å². The smallest absolute Gasteiger partial charge is 0.0707 e. The lowest BCUT2D eigenvalue weighted by molar-refractivity contribution is 0.598. The lowest BCUT2D eigenvalue weighted by Gasteiger charge is -2.27. The normalized spacial score (nSPS) is 20.4. The molecule has 0 spiro atoms. The van der Waals surface area contributed by atoms with Gasteiger partial charge in [-0.15, -0.1) is 0 Å². The molecule has 3 aliphatic rings. The number of hydrogen-bond acceptors (Lipinski definition) is 1. The molecule has 48 heavy (non-hydrogen) atoms. The number of fused-ring (bicyclic) bond motifs is 2. The summed E-state index contributed by atoms with van der Waals surface area (Å²) < 4.78 is 0. The van der Waals surface area contributed by atoms with Crippen LogP contribution in [0.5, 0.6) is 0 Å². The van der Waals surface area contributed by atoms with Crippen LogP contribution in [0.4, 0.5) is 0 Å². The Balaban J connectivity index is 1.27. The highest BCUT2D eigenvalue weighted by Gasteiger charge is 2.31. The van der Waals surface area contributed by atoms with Crippen LogP contribution < -0.4 is 0 Å². The van der Waals surface area contributed by atoms with Gasteiger partial charge in [0.1, 0.15) is 0 Å². The number of aliphatic imine (C=N–C) groups is 1. The van der Waals surface area contributed by atoms with E-state index in [-0.39, 0.29) is 5.41 Å². The van der Waals surface area contributed by atoms with Crippen molar-refractivity contribution in [1.82, 2.24) is 0 Å². The SMILES string of the molecule is C=C(/C=C(\N=C(/C)C1(C)C=CC=CC1)c1ccccc1)c1cccc2c1C1=C(C=C(c3ccc(C)c(-c4ccccc4C)c3)CC1C)C2. The van der Waals surface area contributed by atoms with Crippen molar-refractivity contribution in [3.8, 4) is 11.1 Å². The van der Waals surface area contributed by atoms with E-state index in [1.54, 1.807) is 0 Å². The molecule has 2 atom stereocenters. The van der Waals surface area contributed by atoms with Crippen molar-refractivity contribution < 1.29 is 0 Å². The summed E-state index contributed by atoms with van der Waals surface area (Å²) in [5, 5.41) is 0. The van der Waals surface area contributed by atoms with Crippen molar-refractivity contribution in [2.24, 2.45) is 16.3 Å². The van der Waals surface area contributed by atoms with E-state index in [2.05, 4.69) is 169 Å². The van der Waals surface area contributed by atoms with Crippen LogP contribution in [0.2, 0.25) is 0 Å². The zero-order valence-electron chi connectivity index (χ0n) is 29.0. The second-order valence-corrected chi connectivity index (χ2v) is 14.1. The van der Waals surface area contributed by atoms with Gasteiger partial charge in [0, 0.05) is 16.7 Å². The van der Waals surface area contributed by atoms with E-state index in [1.807, 2.05) is 0 Å². The molecule has 0 bridgehead atoms. The van der Waals surface area contributed by atoms with Gasteiger partial charge in [0.2, 0.25) is 0 Å². The van der Waals surface area contributed by atoms with Gasteiger partial charge in [-0.1, -0.05) is 136 Å². The largest absolute Gasteiger partial charge is 0.257 e. The first-order valence-electron chi connectivity index (χ1n) is 17.3. The Kier molecular flexibility index (Phi) is 8.48. The van der Waals surface area contributed by atoms with Gasteiger partial charge < -0.3 is 0 Å². The summed E-state index contributed by atoms with van der Waals surface area (Å²) in [5.41, 5.74) is 19.0. The van der Waals surface area contributed by atoms with E-state index in [0.29, 0.717) is 5.92 Å². The van der Waals surface area contributed by atoms with Crippen molar-refractivity contribution in [3.63, 3.8) is 0 Å². The number of aryl methyl sites for hydroxylation is 2. The van der Waals surface area contributed by atoms with Gasteiger partial charge in [0.05, 0.1) is 5.70 Å². The predicted molar refractivity (Wildman–Crippen MR) is 208 cm³/mol. The molecule has 1 heteroatoms. The van der Waals surface area contributed by atoms with E-state index in [9.17, 15) is 0 Å². The topological polar surface area (TPSA) is 12.4 Å². The van der Waals surface area contributed by atoms with Crippen LogP contribution in [0.25, 0.3) is 33.5 Å². The molecule has 2 unspecified atom stereocenters. The number of benzene rings is 4. The maximum atomic E-state index is 5.29. The summed E-state index contributed by atoms with van der Waals surface area (Å²) in [6.45, 7) is 15.9. The third kappa shape index (κ3) is 5.95. The summed E-state index contributed by atoms with van der Waals surface area (Å²) in [4.78, 5) is 5.29. The molecule has 4 aromatic rings. The van der Waals surface area contributed by atoms with Crippen LogP contribution in [-0.2, 0) is 6.42 Å². The number of hydrogen-bond donors (Lipinski definition) is 0. The predicted octanol–water partition coefficient (Wildman–Crippen LogP) is 12.4. The Morgan fingerprint density at radius 2 is 1.65 bits per heavy atom. The van der Waals surface area contributed by atoms with Crippen LogP contribution in [-0.4, -0.2) is 5.71 Å². The molecule has 4 aromatic carbocycles. The summed E-state index contributed by atoms with van der Waals surface area (Å²) in [6.07, 6.45) is 16.4. The Bertz CT molecular complexity index is 2110. The third-order valence-corrected chi connectivity index (χ3v) is 10.7. The highest BCUT2D eigenvalue weighted by atomic mass is 14.8. The van der Waals surface area contributed by atoms with Gasteiger partial charge in [-0.2, -0.15) is 0 Å². The van der Waals surface area contributed by atoms with Crippen LogP contribution in [0, 0.1) is 25.2 Å². The molecule has 0 aromatic heterocycles. The third-order valence-electron chi connectivity index (χ3n) is 10.7. The van der Waals surface area contributed by atoms with Gasteiger partial charge in [-0.25, -0.2) is 0 Å². The maximum Gasteiger partial charge on any atom is 0.0707 e. The Morgan fingerprint density at radius 3 is 2.42 bits per heavy atom. The molecule has 0 heterocycles. The molecule has 0 fully saturated rings. The highest BCUT2D eigenvalue weighted by Crippen LogP contribution is 2.49. The fraction of sp³-hybridized carbons (Fsp3) is 0.213. The number of rotatable bonds is 7. The van der Waals surface area contributed by atoms with E-state index in [1.165, 1.54) is 61.2 Å². The second kappa shape index (κ2) is 12.9. The lowest BCUT2D eigenvalue weighted by Crippen LogP contribution is -2.23. The van der Waals surface area contributed by atoms with Gasteiger partial charge in [-0.3, -0.25) is 4.99 Å². The van der Waals surface area contributed by atoms with Crippen molar-refractivity contribution in [3.05, 3.63) is 179 Å². The zero-order chi connectivity index (χ0) is 33.4. The molecule has 0 radical (unpaired) electrons. The Labute approximate surface area is 287 Å². The molecule has 0 amide bonds. The summed E-state index contributed by atoms with van der Waals surface area (Å²) in [6, 6.07) is 33.0. The van der Waals surface area contributed by atoms with Gasteiger partial charge in [-0.05, 0) is 125 Å². The van der Waals surface area contributed by atoms with Gasteiger partial charge >= 0.3 is 0 Å². The summed E-state index contributed by atoms with van der Waals surface area (Å²) in [5.74, 6) is 0.405. The number of allylic oxidation sites excluding steroid dienone is 10. The molecule has 7 rings (SSSR count). The summed E-state index contributed by atoms with van der Waals surface area (Å²) in [7, 11) is 0. The first-order chi connectivity index (χ1) is 23.2. The van der Waals surface area contributed by atoms with Gasteiger partial charge in [0.25, 0.3) is 0 Å². The Morgan fingerprint density at radius 1 is 0.875 bits per heavy atom. The van der Waals surface area contributed by atoms with E-state index < -0.39 is 0 Å². The number of nitrogens with zero attached hydrogens (tertiary/aromatic N) is 1. The highest BCUT2D eigenvalue weighted by molar-refractivity contribution is 5.98. The van der Waals surface area contributed by atoms with Crippen LogP contribution >= 0.6 is 0 Å². The molecule has 0 aliphatic heterocycles. The van der Waals surface area contributed by atoms with Crippen molar-refractivity contribution in [2.45, 2.75) is 53.9 Å². The first kappa shape index (κ1) is 31.6. The first-order valence-corrected chi connectivity index (χ1v) is 17.3. The molecule has 3 aliphatic carbocycles. The van der Waals surface area contributed by atoms with Crippen molar-refractivity contribution in [2.75, 3.05) is 0 Å². The fourth-order valence-electron chi connectivity index (χ4n) is 7.71. The van der Waals surface area contributed by atoms with Crippen molar-refractivity contribution >= 4 is 28.1 Å². The van der Waals surface area contributed by atoms with Crippen LogP contribution in [0.15, 0.2) is 145 Å². The van der Waals surface area contributed by atoms with E-state index in [4.69, 9.17) is 4.99 Å². The average Bonchev–Trinajstić information content (AvgIpc) is 3.48. The molecule has 0 saturated carbocycles. The van der Waals surface area contributed by atoms with Crippen molar-refractivity contribution in [1.29, 1.82) is 0 Å². The minimum Gasteiger partial charge on any atom is -0.257 e. The lowest BCUT2D eigenvalue weighted by atomic mass is 9.79. The molecule has 1 nitrogen and oxygen atoms in total. The molecular weight excluding hydrogens is 579 g/mol. The quantitative estimate of drug-likeness (QED) is 0.143. The summed E-state index contributed by atoms with van der Waals surface area (Å²) >= 11 is 0. The minimum absolute atomic E-state index is 0.0998. The fourth-order valence-corrected chi connectivity index (χ4v) is 7.71. The van der Waals surface area contributed by atoms with E-state index >= 15 is 0 Å². The molecular formula is C47H45N. The molecule has 0 saturated heterocycles. The monoisotopic (exact) mass is 623 g/mol. The van der Waals surface area contributed by atoms with E-state index in [0.717, 1.165) is 41.8 Å².